The molecule has 0 unspecified atom stereocenters. The fourth-order valence-electron chi connectivity index (χ4n) is 0.923. The number of hydrogen-bond acceptors (Lipinski definition) is 3. The molecule has 0 spiro atoms. The van der Waals surface area contributed by atoms with Gasteiger partial charge in [0.15, 0.2) is 0 Å². The highest BCUT2D eigenvalue weighted by Gasteiger charge is 2.14. The van der Waals surface area contributed by atoms with Gasteiger partial charge >= 0.3 is 0 Å². The minimum Gasteiger partial charge on any atom is -0.392 e. The number of aliphatic hydroxyl groups is 1. The molecule has 72 valence electrons. The van der Waals surface area contributed by atoms with Crippen molar-refractivity contribution in [1.82, 2.24) is 0 Å². The number of aliphatic hydroxyl groups excluding tert-OH is 1. The standard InChI is InChI=1S/C7H7ClO4S/c8-6-1-2-7(13(10,11)12)5(3-6)4-9/h1-3,9H,4H2,(H,10,11,12). The van der Waals surface area contributed by atoms with Crippen molar-refractivity contribution < 1.29 is 18.1 Å². The van der Waals surface area contributed by atoms with Crippen LogP contribution in [0.1, 0.15) is 5.56 Å². The second-order valence-electron chi connectivity index (χ2n) is 2.39. The summed E-state index contributed by atoms with van der Waals surface area (Å²) >= 11 is 5.56. The zero-order valence-electron chi connectivity index (χ0n) is 6.44. The van der Waals surface area contributed by atoms with E-state index in [2.05, 4.69) is 0 Å². The van der Waals surface area contributed by atoms with E-state index in [1.165, 1.54) is 12.1 Å². The zero-order chi connectivity index (χ0) is 10.1. The van der Waals surface area contributed by atoms with Crippen LogP contribution in [-0.4, -0.2) is 18.1 Å². The summed E-state index contributed by atoms with van der Waals surface area (Å²) in [6.45, 7) is -0.490. The molecule has 0 bridgehead atoms. The molecule has 1 aromatic rings. The normalized spacial score (nSPS) is 11.6. The Morgan fingerprint density at radius 3 is 2.46 bits per heavy atom. The maximum atomic E-state index is 10.7. The molecule has 0 saturated heterocycles. The highest BCUT2D eigenvalue weighted by Crippen LogP contribution is 2.19. The monoisotopic (exact) mass is 222 g/mol. The van der Waals surface area contributed by atoms with Gasteiger partial charge in [-0.2, -0.15) is 8.42 Å². The van der Waals surface area contributed by atoms with Crippen molar-refractivity contribution in [3.05, 3.63) is 28.8 Å². The molecule has 0 aromatic heterocycles. The maximum absolute atomic E-state index is 10.7. The van der Waals surface area contributed by atoms with E-state index in [1.807, 2.05) is 0 Å². The molecule has 0 aliphatic carbocycles. The molecule has 0 aliphatic rings. The largest absolute Gasteiger partial charge is 0.392 e. The second-order valence-corrected chi connectivity index (χ2v) is 4.21. The van der Waals surface area contributed by atoms with Gasteiger partial charge in [-0.1, -0.05) is 11.6 Å². The van der Waals surface area contributed by atoms with Crippen molar-refractivity contribution in [2.75, 3.05) is 0 Å². The van der Waals surface area contributed by atoms with E-state index in [-0.39, 0.29) is 10.5 Å². The van der Waals surface area contributed by atoms with Gasteiger partial charge in [0.05, 0.1) is 11.5 Å². The van der Waals surface area contributed by atoms with Crippen molar-refractivity contribution in [2.45, 2.75) is 11.5 Å². The fraction of sp³-hybridized carbons (Fsp3) is 0.143. The molecule has 6 heteroatoms. The molecule has 0 fully saturated rings. The lowest BCUT2D eigenvalue weighted by Crippen LogP contribution is -2.02. The van der Waals surface area contributed by atoms with E-state index < -0.39 is 16.7 Å². The van der Waals surface area contributed by atoms with Gasteiger partial charge in [-0.05, 0) is 23.8 Å². The Balaban J connectivity index is 3.39. The summed E-state index contributed by atoms with van der Waals surface area (Å²) in [5.41, 5.74) is 0.0787. The first-order valence-electron chi connectivity index (χ1n) is 3.32. The van der Waals surface area contributed by atoms with Gasteiger partial charge in [0.2, 0.25) is 0 Å². The third-order valence-electron chi connectivity index (χ3n) is 1.47. The second kappa shape index (κ2) is 3.63. The Hall–Kier alpha value is -0.620. The Bertz CT molecular complexity index is 413. The third kappa shape index (κ3) is 2.41. The minimum absolute atomic E-state index is 0.0787. The van der Waals surface area contributed by atoms with Crippen LogP contribution in [0.25, 0.3) is 0 Å². The number of rotatable bonds is 2. The molecule has 1 rings (SSSR count). The van der Waals surface area contributed by atoms with E-state index >= 15 is 0 Å². The van der Waals surface area contributed by atoms with Crippen molar-refractivity contribution in [3.8, 4) is 0 Å². The first kappa shape index (κ1) is 10.5. The molecule has 0 atom stereocenters. The van der Waals surface area contributed by atoms with Crippen molar-refractivity contribution >= 4 is 21.7 Å². The van der Waals surface area contributed by atoms with Crippen LogP contribution >= 0.6 is 11.6 Å². The Kier molecular flexibility index (Phi) is 2.92. The van der Waals surface area contributed by atoms with Crippen molar-refractivity contribution in [2.24, 2.45) is 0 Å². The van der Waals surface area contributed by atoms with Gasteiger partial charge in [-0.15, -0.1) is 0 Å². The molecular formula is C7H7ClO4S. The predicted molar refractivity (Wildman–Crippen MR) is 47.2 cm³/mol. The van der Waals surface area contributed by atoms with Crippen molar-refractivity contribution in [1.29, 1.82) is 0 Å². The summed E-state index contributed by atoms with van der Waals surface area (Å²) < 4.78 is 30.2. The zero-order valence-corrected chi connectivity index (χ0v) is 8.01. The minimum atomic E-state index is -4.28. The lowest BCUT2D eigenvalue weighted by molar-refractivity contribution is 0.278. The summed E-state index contributed by atoms with van der Waals surface area (Å²) in [5, 5.41) is 9.07. The van der Waals surface area contributed by atoms with E-state index in [0.717, 1.165) is 6.07 Å². The maximum Gasteiger partial charge on any atom is 0.294 e. The average molecular weight is 223 g/mol. The topological polar surface area (TPSA) is 74.6 Å². The van der Waals surface area contributed by atoms with E-state index in [0.29, 0.717) is 5.02 Å². The molecule has 0 heterocycles. The summed E-state index contributed by atoms with van der Waals surface area (Å²) in [6, 6.07) is 3.75. The Morgan fingerprint density at radius 1 is 1.38 bits per heavy atom. The average Bonchev–Trinajstić information content (AvgIpc) is 2.01. The molecule has 2 N–H and O–H groups in total. The van der Waals surface area contributed by atoms with Crippen LogP contribution in [0, 0.1) is 0 Å². The first-order chi connectivity index (χ1) is 5.95. The van der Waals surface area contributed by atoms with E-state index in [4.69, 9.17) is 21.3 Å². The van der Waals surface area contributed by atoms with Gasteiger partial charge in [0, 0.05) is 5.02 Å². The third-order valence-corrected chi connectivity index (χ3v) is 2.66. The van der Waals surface area contributed by atoms with Crippen LogP contribution in [-0.2, 0) is 16.7 Å². The fourth-order valence-corrected chi connectivity index (χ4v) is 1.81. The van der Waals surface area contributed by atoms with Crippen LogP contribution in [0.5, 0.6) is 0 Å². The number of benzene rings is 1. The van der Waals surface area contributed by atoms with Gasteiger partial charge < -0.3 is 5.11 Å². The van der Waals surface area contributed by atoms with Crippen LogP contribution in [0.15, 0.2) is 23.1 Å². The quantitative estimate of drug-likeness (QED) is 0.735. The summed E-state index contributed by atoms with van der Waals surface area (Å²) in [7, 11) is -4.28. The van der Waals surface area contributed by atoms with Gasteiger partial charge in [-0.25, -0.2) is 0 Å². The van der Waals surface area contributed by atoms with Crippen molar-refractivity contribution in [3.63, 3.8) is 0 Å². The lowest BCUT2D eigenvalue weighted by Gasteiger charge is -2.03. The molecule has 1 aromatic carbocycles. The van der Waals surface area contributed by atoms with E-state index in [1.54, 1.807) is 0 Å². The summed E-state index contributed by atoms with van der Waals surface area (Å²) in [5.74, 6) is 0. The van der Waals surface area contributed by atoms with E-state index in [9.17, 15) is 8.42 Å². The highest BCUT2D eigenvalue weighted by molar-refractivity contribution is 7.85. The van der Waals surface area contributed by atoms with Gasteiger partial charge in [0.25, 0.3) is 10.1 Å². The number of halogens is 1. The molecule has 0 saturated carbocycles. The van der Waals surface area contributed by atoms with Crippen LogP contribution in [0.3, 0.4) is 0 Å². The molecule has 0 radical (unpaired) electrons. The van der Waals surface area contributed by atoms with Crippen LogP contribution in [0.2, 0.25) is 5.02 Å². The van der Waals surface area contributed by atoms with Crippen LogP contribution in [0.4, 0.5) is 0 Å². The Morgan fingerprint density at radius 2 is 2.00 bits per heavy atom. The van der Waals surface area contributed by atoms with Gasteiger partial charge in [0.1, 0.15) is 0 Å². The molecule has 0 amide bonds. The number of hydrogen-bond donors (Lipinski definition) is 2. The van der Waals surface area contributed by atoms with Crippen LogP contribution < -0.4 is 0 Å². The highest BCUT2D eigenvalue weighted by atomic mass is 35.5. The Labute approximate surface area is 80.5 Å². The lowest BCUT2D eigenvalue weighted by atomic mass is 10.2. The van der Waals surface area contributed by atoms with Gasteiger partial charge in [-0.3, -0.25) is 4.55 Å². The first-order valence-corrected chi connectivity index (χ1v) is 5.13. The molecular weight excluding hydrogens is 216 g/mol. The predicted octanol–water partition coefficient (Wildman–Crippen LogP) is 1.08. The molecule has 4 nitrogen and oxygen atoms in total. The SMILES string of the molecule is O=S(=O)(O)c1ccc(Cl)cc1CO. The summed E-state index contributed by atoms with van der Waals surface area (Å²) in [6.07, 6.45) is 0. The smallest absolute Gasteiger partial charge is 0.294 e. The summed E-state index contributed by atoms with van der Waals surface area (Å²) in [4.78, 5) is -0.320. The molecule has 0 aliphatic heterocycles. The molecule has 13 heavy (non-hydrogen) atoms.